The first-order chi connectivity index (χ1) is 42.9. The number of amides is 2. The van der Waals surface area contributed by atoms with E-state index in [0.717, 1.165) is 154 Å². The van der Waals surface area contributed by atoms with Crippen molar-refractivity contribution in [3.8, 4) is 0 Å². The van der Waals surface area contributed by atoms with E-state index in [2.05, 4.69) is 50.5 Å². The molecular weight excluding hydrogens is 1190 g/mol. The molecule has 2 aliphatic heterocycles. The minimum absolute atomic E-state index is 0.0333. The highest BCUT2D eigenvalue weighted by molar-refractivity contribution is 7.46. The number of ether oxygens (including phenoxy) is 6. The van der Waals surface area contributed by atoms with Gasteiger partial charge >= 0.3 is 15.6 Å². The second-order valence-corrected chi connectivity index (χ2v) is 27.4. The molecule has 2 saturated heterocycles. The fraction of sp³-hybridized carbons (Fsp3) is 0.924. The molecule has 23 heteroatoms. The number of carbonyl (C=O) groups is 3. The Balaban J connectivity index is 2.43. The predicted octanol–water partition coefficient (Wildman–Crippen LogP) is 13.3. The van der Waals surface area contributed by atoms with E-state index in [1.807, 2.05) is 0 Å². The monoisotopic (exact) mass is 1310 g/mol. The Labute approximate surface area is 536 Å². The van der Waals surface area contributed by atoms with E-state index in [9.17, 15) is 53.3 Å². The molecule has 0 bridgehead atoms. The molecule has 0 saturated carbocycles. The lowest BCUT2D eigenvalue weighted by Gasteiger charge is -2.47. The third kappa shape index (κ3) is 41.6. The summed E-state index contributed by atoms with van der Waals surface area (Å²) in [5.41, 5.74) is 0. The Bertz CT molecular complexity index is 1900. The number of ketones is 1. The molecule has 0 aromatic carbocycles. The summed E-state index contributed by atoms with van der Waals surface area (Å²) in [6.45, 7) is 7.81. The number of unbranched alkanes of at least 4 members (excludes halogenated alkanes) is 30. The number of carbonyl (C=O) groups excluding carboxylic acids is 3. The first-order valence-corrected chi connectivity index (χ1v) is 38.2. The summed E-state index contributed by atoms with van der Waals surface area (Å²) in [4.78, 5) is 82.0. The first kappa shape index (κ1) is 83.3. The van der Waals surface area contributed by atoms with Crippen LogP contribution in [0.1, 0.15) is 291 Å². The Morgan fingerprint density at radius 3 is 1.44 bits per heavy atom. The van der Waals surface area contributed by atoms with Crippen molar-refractivity contribution in [3.05, 3.63) is 12.2 Å². The second kappa shape index (κ2) is 52.5. The molecule has 2 rings (SSSR count). The van der Waals surface area contributed by atoms with Gasteiger partial charge in [0, 0.05) is 33.2 Å². The molecule has 0 radical (unpaired) electrons. The van der Waals surface area contributed by atoms with Crippen molar-refractivity contribution in [2.75, 3.05) is 33.5 Å². The van der Waals surface area contributed by atoms with Gasteiger partial charge in [0.2, 0.25) is 11.8 Å². The lowest BCUT2D eigenvalue weighted by atomic mass is 9.95. The molecule has 89 heavy (non-hydrogen) atoms. The third-order valence-electron chi connectivity index (χ3n) is 16.8. The van der Waals surface area contributed by atoms with Crippen molar-refractivity contribution in [1.82, 2.24) is 10.6 Å². The van der Waals surface area contributed by atoms with Crippen LogP contribution in [0.2, 0.25) is 0 Å². The number of Topliss-reactive ketones (excluding diaryl/α,β-unsaturated/α-hetero) is 1. The summed E-state index contributed by atoms with van der Waals surface area (Å²) in [5, 5.41) is 28.7. The third-order valence-corrected chi connectivity index (χ3v) is 17.8. The number of hydrogen-bond acceptors (Lipinski definition) is 15. The van der Waals surface area contributed by atoms with Gasteiger partial charge in [0.15, 0.2) is 12.6 Å². The molecule has 2 amide bonds. The van der Waals surface area contributed by atoms with Gasteiger partial charge in [0.25, 0.3) is 0 Å². The van der Waals surface area contributed by atoms with Gasteiger partial charge in [0.1, 0.15) is 54.5 Å². The average Bonchev–Trinajstić information content (AvgIpc) is 1.20. The molecule has 0 spiro atoms. The fourth-order valence-corrected chi connectivity index (χ4v) is 12.7. The second-order valence-electron chi connectivity index (χ2n) is 25.0. The van der Waals surface area contributed by atoms with E-state index in [-0.39, 0.29) is 38.4 Å². The number of hydrogen-bond donors (Lipinski definition) is 8. The van der Waals surface area contributed by atoms with E-state index < -0.39 is 108 Å². The number of phosphoric ester groups is 2. The molecule has 0 aromatic heterocycles. The maximum Gasteiger partial charge on any atom is 0.472 e. The zero-order valence-electron chi connectivity index (χ0n) is 55.7. The molecule has 2 heterocycles. The zero-order chi connectivity index (χ0) is 65.4. The van der Waals surface area contributed by atoms with Gasteiger partial charge in [-0.05, 0) is 64.2 Å². The van der Waals surface area contributed by atoms with Crippen molar-refractivity contribution in [3.63, 3.8) is 0 Å². The number of methoxy groups -OCH3 is 1. The number of aliphatic hydroxyl groups is 2. The fourth-order valence-electron chi connectivity index (χ4n) is 11.7. The van der Waals surface area contributed by atoms with Gasteiger partial charge in [-0.2, -0.15) is 0 Å². The number of phosphoric acid groups is 2. The minimum atomic E-state index is -5.40. The van der Waals surface area contributed by atoms with Gasteiger partial charge in [-0.25, -0.2) is 9.13 Å². The number of allylic oxidation sites excluding steroid dienone is 2. The summed E-state index contributed by atoms with van der Waals surface area (Å²) < 4.78 is 73.1. The summed E-state index contributed by atoms with van der Waals surface area (Å²) in [6.07, 6.45) is 28.9. The smallest absolute Gasteiger partial charge is 0.393 e. The predicted molar refractivity (Wildman–Crippen MR) is 347 cm³/mol. The molecule has 21 nitrogen and oxygen atoms in total. The van der Waals surface area contributed by atoms with Crippen molar-refractivity contribution >= 4 is 33.2 Å². The molecule has 2 fully saturated rings. The normalized spacial score (nSPS) is 22.9. The number of aliphatic hydroxyl groups excluding tert-OH is 2. The summed E-state index contributed by atoms with van der Waals surface area (Å²) in [7, 11) is -9.33. The number of nitrogens with one attached hydrogen (secondary N) is 2. The maximum absolute atomic E-state index is 14.1. The van der Waals surface area contributed by atoms with Crippen LogP contribution in [0.15, 0.2) is 12.2 Å². The molecule has 11 atom stereocenters. The van der Waals surface area contributed by atoms with E-state index in [0.29, 0.717) is 38.5 Å². The van der Waals surface area contributed by atoms with Crippen LogP contribution in [0.4, 0.5) is 0 Å². The van der Waals surface area contributed by atoms with Gasteiger partial charge in [-0.1, -0.05) is 220 Å². The zero-order valence-corrected chi connectivity index (χ0v) is 57.5. The van der Waals surface area contributed by atoms with Crippen LogP contribution < -0.4 is 10.6 Å². The first-order valence-electron chi connectivity index (χ1n) is 35.1. The highest BCUT2D eigenvalue weighted by Gasteiger charge is 2.53. The van der Waals surface area contributed by atoms with Gasteiger partial charge in [-0.3, -0.25) is 23.4 Å². The SMILES string of the molecule is CCCCCC/C=C\CCCCCCCCCC(=O)NC1C(OCC2OC(OP(=O)(O)O)C(NC(=O)CC(=O)CCCCCCCCCCC)C(OCCCCCCCCCC)C2O)OC(COC)C(OP(=O)(O)O)C1OCCCC(O)CCCCCCC. The largest absolute Gasteiger partial charge is 0.472 e. The number of rotatable bonds is 59. The van der Waals surface area contributed by atoms with E-state index >= 15 is 0 Å². The lowest BCUT2D eigenvalue weighted by molar-refractivity contribution is -0.300. The highest BCUT2D eigenvalue weighted by atomic mass is 31.2. The Hall–Kier alpha value is -1.75. The van der Waals surface area contributed by atoms with Crippen molar-refractivity contribution in [2.45, 2.75) is 358 Å². The lowest BCUT2D eigenvalue weighted by Crippen LogP contribution is -2.67. The van der Waals surface area contributed by atoms with Gasteiger partial charge in [0.05, 0.1) is 25.7 Å². The Morgan fingerprint density at radius 2 is 0.899 bits per heavy atom. The van der Waals surface area contributed by atoms with Crippen molar-refractivity contribution < 1.29 is 90.8 Å². The van der Waals surface area contributed by atoms with Gasteiger partial charge in [-0.15, -0.1) is 0 Å². The van der Waals surface area contributed by atoms with E-state index in [4.69, 9.17) is 37.5 Å². The van der Waals surface area contributed by atoms with E-state index in [1.54, 1.807) is 0 Å². The summed E-state index contributed by atoms with van der Waals surface area (Å²) >= 11 is 0. The Kier molecular flexibility index (Phi) is 49.2. The molecule has 11 unspecified atom stereocenters. The molecule has 0 aromatic rings. The van der Waals surface area contributed by atoms with Crippen LogP contribution in [-0.2, 0) is 61.0 Å². The van der Waals surface area contributed by atoms with Gasteiger partial charge < -0.3 is 68.8 Å². The quantitative estimate of drug-likeness (QED) is 0.0121. The average molecular weight is 1310 g/mol. The molecule has 524 valence electrons. The van der Waals surface area contributed by atoms with E-state index in [1.165, 1.54) is 58.5 Å². The van der Waals surface area contributed by atoms with Crippen LogP contribution in [0, 0.1) is 0 Å². The van der Waals surface area contributed by atoms with Crippen molar-refractivity contribution in [1.29, 1.82) is 0 Å². The standard InChI is InChI=1S/C66H126N2O19P2/c1-6-10-14-18-21-24-25-26-27-28-29-31-33-37-41-47-57(71)67-60-64(82-49-43-46-53(69)44-39-35-17-13-9-4)62(86-88(74,75)76)56(51-80-5)85-65(60)83-52-55-61(73)63(81-48-42-38-34-23-20-16-12-8-3)59(66(84-55)87-89(77,78)79)68-58(72)50-54(70)45-40-36-32-30-22-19-15-11-7-2/h24-25,53,55-56,59-66,69,73H,6-23,26-52H2,1-5H3,(H,67,71)(H,68,72)(H2,74,75,76)(H2,77,78,79)/b25-24-. The molecule has 8 N–H and O–H groups in total. The van der Waals surface area contributed by atoms with Crippen LogP contribution in [-0.4, -0.2) is 148 Å². The maximum atomic E-state index is 14.1. The van der Waals surface area contributed by atoms with Crippen LogP contribution in [0.3, 0.4) is 0 Å². The van der Waals surface area contributed by atoms with Crippen molar-refractivity contribution in [2.24, 2.45) is 0 Å². The van der Waals surface area contributed by atoms with Crippen LogP contribution >= 0.6 is 15.6 Å². The summed E-state index contributed by atoms with van der Waals surface area (Å²) in [6, 6.07) is -2.86. The summed E-state index contributed by atoms with van der Waals surface area (Å²) in [5.74, 6) is -1.55. The molecular formula is C66H126N2O19P2. The highest BCUT2D eigenvalue weighted by Crippen LogP contribution is 2.44. The minimum Gasteiger partial charge on any atom is -0.393 e. The molecule has 2 aliphatic rings. The van der Waals surface area contributed by atoms with Crippen LogP contribution in [0.5, 0.6) is 0 Å². The topological polar surface area (TPSA) is 305 Å². The molecule has 0 aliphatic carbocycles. The van der Waals surface area contributed by atoms with Crippen LogP contribution in [0.25, 0.3) is 0 Å². The Morgan fingerprint density at radius 1 is 0.472 bits per heavy atom.